The Kier molecular flexibility index (Phi) is 4.83. The van der Waals surface area contributed by atoms with Crippen molar-refractivity contribution in [2.75, 3.05) is 5.32 Å². The van der Waals surface area contributed by atoms with Crippen molar-refractivity contribution in [3.05, 3.63) is 58.1 Å². The maximum absolute atomic E-state index is 6.14. The van der Waals surface area contributed by atoms with Gasteiger partial charge in [0, 0.05) is 22.1 Å². The van der Waals surface area contributed by atoms with Gasteiger partial charge in [0.1, 0.15) is 11.4 Å². The van der Waals surface area contributed by atoms with E-state index in [4.69, 9.17) is 17.0 Å². The fourth-order valence-corrected chi connectivity index (χ4v) is 3.64. The molecular formula is C19H21BrN2OS. The van der Waals surface area contributed by atoms with Crippen LogP contribution in [0, 0.1) is 6.92 Å². The first-order valence-corrected chi connectivity index (χ1v) is 9.15. The number of fused-ring (bicyclic) bond motifs is 1. The molecule has 3 nitrogen and oxygen atoms in total. The Bertz CT molecular complexity index is 776. The van der Waals surface area contributed by atoms with Gasteiger partial charge >= 0.3 is 0 Å². The van der Waals surface area contributed by atoms with Crippen molar-refractivity contribution in [2.24, 2.45) is 0 Å². The third-order valence-corrected chi connectivity index (χ3v) is 4.73. The molecule has 126 valence electrons. The molecule has 0 radical (unpaired) electrons. The molecule has 0 bridgehead atoms. The molecule has 3 rings (SSSR count). The lowest BCUT2D eigenvalue weighted by Gasteiger charge is -2.38. The zero-order valence-corrected chi connectivity index (χ0v) is 16.4. The number of nitrogens with one attached hydrogen (secondary N) is 2. The van der Waals surface area contributed by atoms with E-state index in [1.165, 1.54) is 5.56 Å². The lowest BCUT2D eigenvalue weighted by molar-refractivity contribution is 0.0696. The van der Waals surface area contributed by atoms with Crippen LogP contribution in [0.15, 0.2) is 46.9 Å². The summed E-state index contributed by atoms with van der Waals surface area (Å²) in [6.45, 7) is 6.29. The third-order valence-electron chi connectivity index (χ3n) is 4.01. The van der Waals surface area contributed by atoms with Gasteiger partial charge in [-0.3, -0.25) is 0 Å². The maximum atomic E-state index is 6.14. The molecule has 0 fully saturated rings. The first-order valence-electron chi connectivity index (χ1n) is 7.95. The number of rotatable bonds is 2. The van der Waals surface area contributed by atoms with Crippen LogP contribution in [0.5, 0.6) is 5.75 Å². The van der Waals surface area contributed by atoms with Crippen LogP contribution < -0.4 is 15.4 Å². The van der Waals surface area contributed by atoms with Crippen molar-refractivity contribution in [1.29, 1.82) is 0 Å². The van der Waals surface area contributed by atoms with Gasteiger partial charge in [0.05, 0.1) is 6.04 Å². The predicted molar refractivity (Wildman–Crippen MR) is 107 cm³/mol. The highest BCUT2D eigenvalue weighted by Crippen LogP contribution is 2.39. The first-order chi connectivity index (χ1) is 11.3. The zero-order valence-electron chi connectivity index (χ0n) is 14.0. The van der Waals surface area contributed by atoms with E-state index in [-0.39, 0.29) is 11.6 Å². The Morgan fingerprint density at radius 1 is 1.25 bits per heavy atom. The largest absolute Gasteiger partial charge is 0.487 e. The average molecular weight is 405 g/mol. The van der Waals surface area contributed by atoms with E-state index in [2.05, 4.69) is 65.5 Å². The number of thiocarbonyl (C=S) groups is 1. The Hall–Kier alpha value is -1.59. The van der Waals surface area contributed by atoms with E-state index in [9.17, 15) is 0 Å². The third kappa shape index (κ3) is 4.08. The van der Waals surface area contributed by atoms with Gasteiger partial charge in [-0.05, 0) is 62.8 Å². The molecule has 1 heterocycles. The molecule has 0 aromatic heterocycles. The molecule has 0 amide bonds. The van der Waals surface area contributed by atoms with E-state index in [1.807, 2.05) is 24.3 Å². The van der Waals surface area contributed by atoms with Crippen LogP contribution >= 0.6 is 28.1 Å². The van der Waals surface area contributed by atoms with E-state index < -0.39 is 0 Å². The van der Waals surface area contributed by atoms with Crippen LogP contribution in [0.25, 0.3) is 0 Å². The van der Waals surface area contributed by atoms with Crippen LogP contribution in [-0.4, -0.2) is 10.7 Å². The minimum absolute atomic E-state index is 0.122. The molecule has 0 saturated carbocycles. The normalized spacial score (nSPS) is 18.2. The van der Waals surface area contributed by atoms with Gasteiger partial charge in [-0.25, -0.2) is 0 Å². The Morgan fingerprint density at radius 2 is 2.04 bits per heavy atom. The van der Waals surface area contributed by atoms with Gasteiger partial charge in [-0.1, -0.05) is 34.1 Å². The Morgan fingerprint density at radius 3 is 2.79 bits per heavy atom. The second-order valence-corrected chi connectivity index (χ2v) is 8.09. The SMILES string of the molecule is Cc1ccc2c(c1)OC(C)(C)C[C@H]2NC(=S)Nc1cccc(Br)c1. The summed E-state index contributed by atoms with van der Waals surface area (Å²) < 4.78 is 7.15. The molecule has 0 aliphatic carbocycles. The molecule has 0 spiro atoms. The first kappa shape index (κ1) is 17.2. The summed E-state index contributed by atoms with van der Waals surface area (Å²) in [4.78, 5) is 0. The summed E-state index contributed by atoms with van der Waals surface area (Å²) in [6, 6.07) is 14.4. The highest BCUT2D eigenvalue weighted by atomic mass is 79.9. The molecule has 1 aliphatic rings. The minimum Gasteiger partial charge on any atom is -0.487 e. The van der Waals surface area contributed by atoms with Crippen LogP contribution in [0.2, 0.25) is 0 Å². The van der Waals surface area contributed by atoms with Gasteiger partial charge in [0.15, 0.2) is 5.11 Å². The molecule has 1 atom stereocenters. The van der Waals surface area contributed by atoms with Crippen LogP contribution in [0.4, 0.5) is 5.69 Å². The van der Waals surface area contributed by atoms with Crippen molar-refractivity contribution >= 4 is 38.9 Å². The monoisotopic (exact) mass is 404 g/mol. The fraction of sp³-hybridized carbons (Fsp3) is 0.316. The Balaban J connectivity index is 1.78. The summed E-state index contributed by atoms with van der Waals surface area (Å²) in [7, 11) is 0. The topological polar surface area (TPSA) is 33.3 Å². The van der Waals surface area contributed by atoms with Crippen molar-refractivity contribution in [2.45, 2.75) is 38.8 Å². The highest BCUT2D eigenvalue weighted by molar-refractivity contribution is 9.10. The van der Waals surface area contributed by atoms with Crippen molar-refractivity contribution in [1.82, 2.24) is 5.32 Å². The standard InChI is InChI=1S/C19H21BrN2OS/c1-12-7-8-15-16(11-19(2,3)23-17(15)9-12)22-18(24)21-14-6-4-5-13(20)10-14/h4-10,16H,11H2,1-3H3,(H2,21,22,24)/t16-/m1/s1. The van der Waals surface area contributed by atoms with E-state index >= 15 is 0 Å². The molecule has 1 aliphatic heterocycles. The number of halogens is 1. The van der Waals surface area contributed by atoms with Crippen molar-refractivity contribution < 1.29 is 4.74 Å². The summed E-state index contributed by atoms with van der Waals surface area (Å²) >= 11 is 8.98. The molecule has 2 aromatic carbocycles. The van der Waals surface area contributed by atoms with E-state index in [0.29, 0.717) is 5.11 Å². The molecule has 2 N–H and O–H groups in total. The number of aryl methyl sites for hydroxylation is 1. The summed E-state index contributed by atoms with van der Waals surface area (Å²) in [5.41, 5.74) is 3.07. The van der Waals surface area contributed by atoms with Crippen LogP contribution in [-0.2, 0) is 0 Å². The quantitative estimate of drug-likeness (QED) is 0.661. The molecule has 24 heavy (non-hydrogen) atoms. The molecule has 0 saturated heterocycles. The fourth-order valence-electron chi connectivity index (χ4n) is 2.98. The number of ether oxygens (including phenoxy) is 1. The summed E-state index contributed by atoms with van der Waals surface area (Å²) in [6.07, 6.45) is 0.851. The number of anilines is 1. The number of benzene rings is 2. The molecule has 5 heteroatoms. The van der Waals surface area contributed by atoms with Gasteiger partial charge < -0.3 is 15.4 Å². The highest BCUT2D eigenvalue weighted by Gasteiger charge is 2.34. The number of hydrogen-bond donors (Lipinski definition) is 2. The molecule has 2 aromatic rings. The lowest BCUT2D eigenvalue weighted by Crippen LogP contribution is -2.42. The predicted octanol–water partition coefficient (Wildman–Crippen LogP) is 5.35. The minimum atomic E-state index is -0.232. The second-order valence-electron chi connectivity index (χ2n) is 6.77. The maximum Gasteiger partial charge on any atom is 0.171 e. The molecule has 0 unspecified atom stereocenters. The summed E-state index contributed by atoms with van der Waals surface area (Å²) in [5.74, 6) is 0.939. The Labute approximate surface area is 156 Å². The van der Waals surface area contributed by atoms with Crippen molar-refractivity contribution in [3.63, 3.8) is 0 Å². The lowest BCUT2D eigenvalue weighted by atomic mass is 9.89. The van der Waals surface area contributed by atoms with Gasteiger partial charge in [-0.15, -0.1) is 0 Å². The molecular weight excluding hydrogens is 384 g/mol. The smallest absolute Gasteiger partial charge is 0.171 e. The van der Waals surface area contributed by atoms with Crippen molar-refractivity contribution in [3.8, 4) is 5.75 Å². The van der Waals surface area contributed by atoms with Gasteiger partial charge in [0.2, 0.25) is 0 Å². The van der Waals surface area contributed by atoms with Gasteiger partial charge in [-0.2, -0.15) is 0 Å². The number of hydrogen-bond acceptors (Lipinski definition) is 2. The summed E-state index contributed by atoms with van der Waals surface area (Å²) in [5, 5.41) is 7.31. The van der Waals surface area contributed by atoms with E-state index in [0.717, 1.165) is 27.9 Å². The zero-order chi connectivity index (χ0) is 17.3. The van der Waals surface area contributed by atoms with E-state index in [1.54, 1.807) is 0 Å². The second kappa shape index (κ2) is 6.73. The van der Waals surface area contributed by atoms with Crippen LogP contribution in [0.3, 0.4) is 0 Å². The van der Waals surface area contributed by atoms with Crippen LogP contribution in [0.1, 0.15) is 37.4 Å². The average Bonchev–Trinajstić information content (AvgIpc) is 2.45. The van der Waals surface area contributed by atoms with Gasteiger partial charge in [0.25, 0.3) is 0 Å².